The number of benzene rings is 1. The fourth-order valence-electron chi connectivity index (χ4n) is 1.81. The topological polar surface area (TPSA) is 77.2 Å². The van der Waals surface area contributed by atoms with Gasteiger partial charge >= 0.3 is 5.97 Å². The highest BCUT2D eigenvalue weighted by molar-refractivity contribution is 5.85. The Morgan fingerprint density at radius 2 is 2.00 bits per heavy atom. The highest BCUT2D eigenvalue weighted by Crippen LogP contribution is 2.15. The van der Waals surface area contributed by atoms with E-state index in [1.54, 1.807) is 24.3 Å². The number of aromatic nitrogens is 1. The first-order chi connectivity index (χ1) is 9.60. The van der Waals surface area contributed by atoms with E-state index >= 15 is 0 Å². The largest absolute Gasteiger partial charge is 0.477 e. The average molecular weight is 267 g/mol. The van der Waals surface area contributed by atoms with Gasteiger partial charge < -0.3 is 10.0 Å². The number of nitrogens with zero attached hydrogens (tertiary/aromatic N) is 3. The molecule has 0 saturated carbocycles. The number of hydrogen-bond donors (Lipinski definition) is 1. The van der Waals surface area contributed by atoms with Gasteiger partial charge in [0.25, 0.3) is 0 Å². The van der Waals surface area contributed by atoms with Gasteiger partial charge in [-0.15, -0.1) is 0 Å². The van der Waals surface area contributed by atoms with Crippen molar-refractivity contribution in [3.63, 3.8) is 0 Å². The van der Waals surface area contributed by atoms with Crippen LogP contribution in [0.1, 0.15) is 21.7 Å². The lowest BCUT2D eigenvalue weighted by atomic mass is 10.2. The summed E-state index contributed by atoms with van der Waals surface area (Å²) in [6, 6.07) is 14.2. The van der Waals surface area contributed by atoms with E-state index in [2.05, 4.69) is 11.1 Å². The van der Waals surface area contributed by atoms with Gasteiger partial charge in [0.2, 0.25) is 0 Å². The van der Waals surface area contributed by atoms with Gasteiger partial charge in [-0.1, -0.05) is 6.07 Å². The Bertz CT molecular complexity index is 660. The van der Waals surface area contributed by atoms with E-state index in [4.69, 9.17) is 10.4 Å². The number of pyridine rings is 1. The SMILES string of the molecule is CN(Cc1cccc(C(=O)O)n1)c1ccc(C#N)cc1. The number of rotatable bonds is 4. The molecule has 0 atom stereocenters. The molecule has 0 radical (unpaired) electrons. The van der Waals surface area contributed by atoms with Crippen molar-refractivity contribution in [2.45, 2.75) is 6.54 Å². The maximum absolute atomic E-state index is 10.9. The van der Waals surface area contributed by atoms with Crippen molar-refractivity contribution in [1.29, 1.82) is 5.26 Å². The molecular weight excluding hydrogens is 254 g/mol. The third kappa shape index (κ3) is 3.12. The lowest BCUT2D eigenvalue weighted by Gasteiger charge is -2.19. The molecule has 0 fully saturated rings. The van der Waals surface area contributed by atoms with Crippen LogP contribution < -0.4 is 4.90 Å². The summed E-state index contributed by atoms with van der Waals surface area (Å²) < 4.78 is 0. The Labute approximate surface area is 116 Å². The van der Waals surface area contributed by atoms with Gasteiger partial charge in [0, 0.05) is 12.7 Å². The van der Waals surface area contributed by atoms with Crippen LogP contribution in [-0.2, 0) is 6.54 Å². The van der Waals surface area contributed by atoms with Crippen LogP contribution >= 0.6 is 0 Å². The van der Waals surface area contributed by atoms with E-state index in [0.29, 0.717) is 17.8 Å². The zero-order valence-electron chi connectivity index (χ0n) is 10.9. The molecule has 0 aliphatic carbocycles. The van der Waals surface area contributed by atoms with Crippen molar-refractivity contribution < 1.29 is 9.90 Å². The van der Waals surface area contributed by atoms with Gasteiger partial charge in [0.15, 0.2) is 0 Å². The molecule has 1 aromatic carbocycles. The Hall–Kier alpha value is -2.87. The van der Waals surface area contributed by atoms with E-state index in [0.717, 1.165) is 5.69 Å². The smallest absolute Gasteiger partial charge is 0.354 e. The van der Waals surface area contributed by atoms with Crippen LogP contribution in [0.5, 0.6) is 0 Å². The monoisotopic (exact) mass is 267 g/mol. The highest BCUT2D eigenvalue weighted by Gasteiger charge is 2.07. The van der Waals surface area contributed by atoms with Crippen molar-refractivity contribution >= 4 is 11.7 Å². The summed E-state index contributed by atoms with van der Waals surface area (Å²) in [5, 5.41) is 17.7. The molecule has 0 aliphatic heterocycles. The summed E-state index contributed by atoms with van der Waals surface area (Å²) in [5.41, 5.74) is 2.26. The van der Waals surface area contributed by atoms with Crippen LogP contribution in [0.25, 0.3) is 0 Å². The van der Waals surface area contributed by atoms with Crippen LogP contribution in [0.15, 0.2) is 42.5 Å². The lowest BCUT2D eigenvalue weighted by Crippen LogP contribution is -2.18. The van der Waals surface area contributed by atoms with Crippen LogP contribution in [0.3, 0.4) is 0 Å². The Morgan fingerprint density at radius 3 is 2.60 bits per heavy atom. The van der Waals surface area contributed by atoms with Gasteiger partial charge in [-0.25, -0.2) is 9.78 Å². The number of carboxylic acids is 1. The lowest BCUT2D eigenvalue weighted by molar-refractivity contribution is 0.0690. The van der Waals surface area contributed by atoms with E-state index in [-0.39, 0.29) is 5.69 Å². The second-order valence-electron chi connectivity index (χ2n) is 4.33. The normalized spacial score (nSPS) is 9.80. The summed E-state index contributed by atoms with van der Waals surface area (Å²) in [6.45, 7) is 0.493. The molecule has 0 unspecified atom stereocenters. The van der Waals surface area contributed by atoms with Gasteiger partial charge in [0.05, 0.1) is 23.9 Å². The average Bonchev–Trinajstić information content (AvgIpc) is 2.47. The zero-order chi connectivity index (χ0) is 14.5. The molecule has 0 amide bonds. The number of carbonyl (C=O) groups is 1. The first kappa shape index (κ1) is 13.6. The predicted molar refractivity (Wildman–Crippen MR) is 74.5 cm³/mol. The second kappa shape index (κ2) is 5.85. The number of nitriles is 1. The molecule has 0 spiro atoms. The molecule has 0 saturated heterocycles. The maximum atomic E-state index is 10.9. The standard InChI is InChI=1S/C15H13N3O2/c1-18(13-7-5-11(9-16)6-8-13)10-12-3-2-4-14(17-12)15(19)20/h2-8H,10H2,1H3,(H,19,20). The minimum atomic E-state index is -1.03. The summed E-state index contributed by atoms with van der Waals surface area (Å²) in [5.74, 6) is -1.03. The molecule has 0 bridgehead atoms. The van der Waals surface area contributed by atoms with Gasteiger partial charge in [-0.3, -0.25) is 0 Å². The highest BCUT2D eigenvalue weighted by atomic mass is 16.4. The molecule has 100 valence electrons. The summed E-state index contributed by atoms with van der Waals surface area (Å²) in [7, 11) is 1.89. The fraction of sp³-hybridized carbons (Fsp3) is 0.133. The van der Waals surface area contributed by atoms with Crippen LogP contribution in [0.4, 0.5) is 5.69 Å². The Morgan fingerprint density at radius 1 is 1.30 bits per heavy atom. The van der Waals surface area contributed by atoms with Crippen molar-refractivity contribution in [1.82, 2.24) is 4.98 Å². The van der Waals surface area contributed by atoms with Gasteiger partial charge in [0.1, 0.15) is 5.69 Å². The van der Waals surface area contributed by atoms with Gasteiger partial charge in [-0.05, 0) is 36.4 Å². The first-order valence-corrected chi connectivity index (χ1v) is 6.00. The molecular formula is C15H13N3O2. The number of aromatic carboxylic acids is 1. The third-order valence-corrected chi connectivity index (χ3v) is 2.86. The Balaban J connectivity index is 2.14. The zero-order valence-corrected chi connectivity index (χ0v) is 10.9. The van der Waals surface area contributed by atoms with E-state index < -0.39 is 5.97 Å². The summed E-state index contributed by atoms with van der Waals surface area (Å²) in [6.07, 6.45) is 0. The number of carboxylic acid groups (broad SMARTS) is 1. The third-order valence-electron chi connectivity index (χ3n) is 2.86. The summed E-state index contributed by atoms with van der Waals surface area (Å²) >= 11 is 0. The van der Waals surface area contributed by atoms with Crippen molar-refractivity contribution in [3.05, 3.63) is 59.4 Å². The van der Waals surface area contributed by atoms with Crippen LogP contribution in [0, 0.1) is 11.3 Å². The van der Waals surface area contributed by atoms with E-state index in [1.165, 1.54) is 6.07 Å². The molecule has 5 nitrogen and oxygen atoms in total. The van der Waals surface area contributed by atoms with E-state index in [9.17, 15) is 4.79 Å². The second-order valence-corrected chi connectivity index (χ2v) is 4.33. The molecule has 2 aromatic rings. The summed E-state index contributed by atoms with van der Waals surface area (Å²) in [4.78, 5) is 16.9. The van der Waals surface area contributed by atoms with Gasteiger partial charge in [-0.2, -0.15) is 5.26 Å². The van der Waals surface area contributed by atoms with Crippen LogP contribution in [0.2, 0.25) is 0 Å². The van der Waals surface area contributed by atoms with Crippen molar-refractivity contribution in [2.75, 3.05) is 11.9 Å². The quantitative estimate of drug-likeness (QED) is 0.919. The minimum Gasteiger partial charge on any atom is -0.477 e. The molecule has 1 aromatic heterocycles. The Kier molecular flexibility index (Phi) is 3.96. The molecule has 1 N–H and O–H groups in total. The number of hydrogen-bond acceptors (Lipinski definition) is 4. The van der Waals surface area contributed by atoms with Crippen molar-refractivity contribution in [3.8, 4) is 6.07 Å². The predicted octanol–water partition coefficient (Wildman–Crippen LogP) is 2.29. The first-order valence-electron chi connectivity index (χ1n) is 6.00. The maximum Gasteiger partial charge on any atom is 0.354 e. The number of anilines is 1. The molecule has 5 heteroatoms. The molecule has 20 heavy (non-hydrogen) atoms. The molecule has 2 rings (SSSR count). The minimum absolute atomic E-state index is 0.0377. The fourth-order valence-corrected chi connectivity index (χ4v) is 1.81. The van der Waals surface area contributed by atoms with Crippen molar-refractivity contribution in [2.24, 2.45) is 0 Å². The van der Waals surface area contributed by atoms with Crippen LogP contribution in [-0.4, -0.2) is 23.1 Å². The molecule has 1 heterocycles. The van der Waals surface area contributed by atoms with E-state index in [1.807, 2.05) is 24.1 Å². The molecule has 0 aliphatic rings.